The molecule has 2 heterocycles. The fourth-order valence-electron chi connectivity index (χ4n) is 4.74. The van der Waals surface area contributed by atoms with Crippen molar-refractivity contribution in [3.05, 3.63) is 24.0 Å². The molecule has 0 bridgehead atoms. The molecule has 7 nitrogen and oxygen atoms in total. The first-order valence-corrected chi connectivity index (χ1v) is 11.9. The molecular formula is C23H31FN4O3S. The minimum absolute atomic E-state index is 0.0385. The smallest absolute Gasteiger partial charge is 0.414 e. The first-order valence-electron chi connectivity index (χ1n) is 11.5. The minimum atomic E-state index is -0.470. The molecule has 9 heteroatoms. The molecule has 32 heavy (non-hydrogen) atoms. The number of nitrogens with zero attached hydrogens (tertiary/aromatic N) is 3. The van der Waals surface area contributed by atoms with Crippen molar-refractivity contribution in [3.63, 3.8) is 0 Å². The highest BCUT2D eigenvalue weighted by Gasteiger charge is 2.33. The Labute approximate surface area is 193 Å². The zero-order chi connectivity index (χ0) is 22.7. The molecule has 1 N–H and O–H groups in total. The largest absolute Gasteiger partial charge is 0.442 e. The van der Waals surface area contributed by atoms with Crippen molar-refractivity contribution < 1.29 is 18.7 Å². The van der Waals surface area contributed by atoms with Crippen LogP contribution in [-0.2, 0) is 9.53 Å². The zero-order valence-electron chi connectivity index (χ0n) is 18.5. The predicted octanol–water partition coefficient (Wildman–Crippen LogP) is 3.32. The van der Waals surface area contributed by atoms with Crippen LogP contribution in [0.4, 0.5) is 20.6 Å². The van der Waals surface area contributed by atoms with Gasteiger partial charge in [-0.05, 0) is 31.0 Å². The van der Waals surface area contributed by atoms with Gasteiger partial charge in [0.05, 0.1) is 29.5 Å². The summed E-state index contributed by atoms with van der Waals surface area (Å²) in [6, 6.07) is 4.83. The molecule has 2 aliphatic heterocycles. The summed E-state index contributed by atoms with van der Waals surface area (Å²) in [6.07, 6.45) is 5.15. The summed E-state index contributed by atoms with van der Waals surface area (Å²) in [5.74, 6) is 0.0779. The van der Waals surface area contributed by atoms with Crippen LogP contribution in [0.1, 0.15) is 39.0 Å². The summed E-state index contributed by atoms with van der Waals surface area (Å²) < 4.78 is 20.4. The maximum Gasteiger partial charge on any atom is 0.414 e. The first-order chi connectivity index (χ1) is 15.4. The summed E-state index contributed by atoms with van der Waals surface area (Å²) in [6.45, 7) is 4.69. The van der Waals surface area contributed by atoms with Gasteiger partial charge in [-0.3, -0.25) is 9.69 Å². The van der Waals surface area contributed by atoms with Gasteiger partial charge in [-0.25, -0.2) is 9.18 Å². The van der Waals surface area contributed by atoms with Crippen molar-refractivity contribution in [2.24, 2.45) is 5.92 Å². The summed E-state index contributed by atoms with van der Waals surface area (Å²) in [5.41, 5.74) is 0.969. The van der Waals surface area contributed by atoms with E-state index < -0.39 is 6.09 Å². The topological polar surface area (TPSA) is 65.1 Å². The molecule has 1 aliphatic carbocycles. The summed E-state index contributed by atoms with van der Waals surface area (Å²) >= 11 is 5.53. The Bertz CT molecular complexity index is 869. The van der Waals surface area contributed by atoms with Crippen LogP contribution in [-0.4, -0.2) is 67.3 Å². The van der Waals surface area contributed by atoms with Crippen molar-refractivity contribution in [1.82, 2.24) is 10.2 Å². The lowest BCUT2D eigenvalue weighted by molar-refractivity contribution is -0.129. The third-order valence-corrected chi connectivity index (χ3v) is 7.14. The molecule has 1 unspecified atom stereocenters. The second-order valence-corrected chi connectivity index (χ2v) is 9.27. The predicted molar refractivity (Wildman–Crippen MR) is 126 cm³/mol. The quantitative estimate of drug-likeness (QED) is 0.678. The third-order valence-electron chi connectivity index (χ3n) is 6.66. The molecule has 1 aromatic rings. The number of benzene rings is 1. The maximum absolute atomic E-state index is 14.9. The van der Waals surface area contributed by atoms with Crippen molar-refractivity contribution in [2.75, 3.05) is 49.1 Å². The van der Waals surface area contributed by atoms with Gasteiger partial charge in [-0.1, -0.05) is 31.5 Å². The Hall–Kier alpha value is -2.42. The molecule has 0 aromatic heterocycles. The van der Waals surface area contributed by atoms with Crippen LogP contribution in [0.15, 0.2) is 18.2 Å². The number of carbonyl (C=O) groups excluding carboxylic acids is 2. The van der Waals surface area contributed by atoms with Gasteiger partial charge >= 0.3 is 6.09 Å². The van der Waals surface area contributed by atoms with Crippen molar-refractivity contribution in [1.29, 1.82) is 0 Å². The van der Waals surface area contributed by atoms with E-state index in [9.17, 15) is 14.0 Å². The Morgan fingerprint density at radius 3 is 2.56 bits per heavy atom. The van der Waals surface area contributed by atoms with Crippen molar-refractivity contribution in [3.8, 4) is 0 Å². The van der Waals surface area contributed by atoms with E-state index in [4.69, 9.17) is 17.0 Å². The number of hydrogen-bond acceptors (Lipinski definition) is 5. The van der Waals surface area contributed by atoms with Gasteiger partial charge in [0.25, 0.3) is 0 Å². The lowest BCUT2D eigenvalue weighted by Crippen LogP contribution is -2.48. The number of amides is 2. The van der Waals surface area contributed by atoms with E-state index in [1.807, 2.05) is 4.90 Å². The number of nitrogens with one attached hydrogen (secondary N) is 1. The highest BCUT2D eigenvalue weighted by atomic mass is 32.1. The molecule has 1 saturated carbocycles. The average Bonchev–Trinajstić information content (AvgIpc) is 3.18. The SMILES string of the molecule is CC(=O)N1CCN(c2ccc(N3CC(CNC(=S)C4CCCCC4)OC3=O)cc2F)CC1. The summed E-state index contributed by atoms with van der Waals surface area (Å²) in [4.78, 5) is 29.9. The normalized spacial score (nSPS) is 22.1. The van der Waals surface area contributed by atoms with E-state index in [1.54, 1.807) is 24.0 Å². The Morgan fingerprint density at radius 1 is 1.19 bits per heavy atom. The average molecular weight is 463 g/mol. The maximum atomic E-state index is 14.9. The lowest BCUT2D eigenvalue weighted by atomic mass is 9.89. The molecule has 3 aliphatic rings. The number of carbonyl (C=O) groups is 2. The van der Waals surface area contributed by atoms with Crippen LogP contribution in [0.5, 0.6) is 0 Å². The second kappa shape index (κ2) is 10.0. The van der Waals surface area contributed by atoms with Crippen LogP contribution in [0, 0.1) is 11.7 Å². The molecular weight excluding hydrogens is 431 g/mol. The highest BCUT2D eigenvalue weighted by molar-refractivity contribution is 7.80. The van der Waals surface area contributed by atoms with Crippen LogP contribution >= 0.6 is 12.2 Å². The molecule has 1 atom stereocenters. The van der Waals surface area contributed by atoms with E-state index in [-0.39, 0.29) is 17.8 Å². The van der Waals surface area contributed by atoms with Crippen LogP contribution in [0.25, 0.3) is 0 Å². The molecule has 1 aromatic carbocycles. The highest BCUT2D eigenvalue weighted by Crippen LogP contribution is 2.29. The molecule has 2 amide bonds. The Morgan fingerprint density at radius 2 is 1.91 bits per heavy atom. The van der Waals surface area contributed by atoms with Crippen LogP contribution in [0.3, 0.4) is 0 Å². The number of rotatable bonds is 5. The number of piperazine rings is 1. The standard InChI is InChI=1S/C23H31FN4O3S/c1-16(29)26-9-11-27(12-10-26)21-8-7-18(13-20(21)24)28-15-19(31-23(28)30)14-25-22(32)17-5-3-2-4-6-17/h7-8,13,17,19H,2-6,9-12,14-15H2,1H3,(H,25,32). The Balaban J connectivity index is 1.32. The van der Waals surface area contributed by atoms with E-state index in [1.165, 1.54) is 30.2 Å². The minimum Gasteiger partial charge on any atom is -0.442 e. The zero-order valence-corrected chi connectivity index (χ0v) is 19.3. The monoisotopic (exact) mass is 462 g/mol. The Kier molecular flexibility index (Phi) is 7.13. The van der Waals surface area contributed by atoms with Gasteiger partial charge in [0, 0.05) is 39.0 Å². The van der Waals surface area contributed by atoms with Gasteiger partial charge in [-0.2, -0.15) is 0 Å². The van der Waals surface area contributed by atoms with E-state index in [0.29, 0.717) is 56.6 Å². The number of hydrogen-bond donors (Lipinski definition) is 1. The van der Waals surface area contributed by atoms with Gasteiger partial charge in [-0.15, -0.1) is 0 Å². The van der Waals surface area contributed by atoms with Crippen molar-refractivity contribution in [2.45, 2.75) is 45.1 Å². The second-order valence-electron chi connectivity index (χ2n) is 8.83. The van der Waals surface area contributed by atoms with E-state index in [0.717, 1.165) is 17.8 Å². The van der Waals surface area contributed by atoms with Crippen molar-refractivity contribution >= 4 is 40.6 Å². The number of thiocarbonyl (C=S) groups is 1. The first kappa shape index (κ1) is 22.8. The molecule has 0 spiro atoms. The number of halogens is 1. The third kappa shape index (κ3) is 5.14. The summed E-state index contributed by atoms with van der Waals surface area (Å²) in [7, 11) is 0. The fourth-order valence-corrected chi connectivity index (χ4v) is 5.06. The van der Waals surface area contributed by atoms with E-state index in [2.05, 4.69) is 5.32 Å². The van der Waals surface area contributed by atoms with Gasteiger partial charge < -0.3 is 19.9 Å². The van der Waals surface area contributed by atoms with Gasteiger partial charge in [0.2, 0.25) is 5.91 Å². The fraction of sp³-hybridized carbons (Fsp3) is 0.609. The van der Waals surface area contributed by atoms with Crippen LogP contribution < -0.4 is 15.1 Å². The molecule has 2 saturated heterocycles. The summed E-state index contributed by atoms with van der Waals surface area (Å²) in [5, 5.41) is 3.28. The molecule has 0 radical (unpaired) electrons. The number of ether oxygens (including phenoxy) is 1. The van der Waals surface area contributed by atoms with E-state index >= 15 is 0 Å². The van der Waals surface area contributed by atoms with Gasteiger partial charge in [0.15, 0.2) is 0 Å². The molecule has 4 rings (SSSR count). The lowest BCUT2D eigenvalue weighted by Gasteiger charge is -2.35. The number of anilines is 2. The van der Waals surface area contributed by atoms with Crippen LogP contribution in [0.2, 0.25) is 0 Å². The number of cyclic esters (lactones) is 1. The molecule has 174 valence electrons. The van der Waals surface area contributed by atoms with Gasteiger partial charge in [0.1, 0.15) is 11.9 Å². The molecule has 3 fully saturated rings.